The minimum atomic E-state index is -3.53. The van der Waals surface area contributed by atoms with Gasteiger partial charge in [-0.2, -0.15) is 0 Å². The molecule has 6 nitrogen and oxygen atoms in total. The highest BCUT2D eigenvalue weighted by atomic mass is 32.2. The number of aliphatic hydroxyl groups is 1. The van der Waals surface area contributed by atoms with E-state index in [9.17, 15) is 13.5 Å². The second-order valence-corrected chi connectivity index (χ2v) is 7.36. The summed E-state index contributed by atoms with van der Waals surface area (Å²) in [6, 6.07) is 6.02. The van der Waals surface area contributed by atoms with Crippen molar-refractivity contribution in [2.75, 3.05) is 20.2 Å². The van der Waals surface area contributed by atoms with E-state index < -0.39 is 16.1 Å². The van der Waals surface area contributed by atoms with Gasteiger partial charge in [0.25, 0.3) is 0 Å². The molecule has 0 saturated heterocycles. The summed E-state index contributed by atoms with van der Waals surface area (Å²) in [7, 11) is -1.78. The van der Waals surface area contributed by atoms with Gasteiger partial charge in [-0.15, -0.1) is 0 Å². The molecule has 1 aromatic rings. The van der Waals surface area contributed by atoms with Gasteiger partial charge in [0.15, 0.2) is 0 Å². The molecular weight excluding hydrogens is 304 g/mol. The normalized spacial score (nSPS) is 14.8. The number of rotatable bonds is 9. The molecule has 0 aliphatic carbocycles. The van der Waals surface area contributed by atoms with Crippen molar-refractivity contribution in [3.8, 4) is 5.75 Å². The molecule has 1 aromatic carbocycles. The number of hydrogen-bond acceptors (Lipinski definition) is 5. The molecule has 22 heavy (non-hydrogen) atoms. The van der Waals surface area contributed by atoms with Crippen LogP contribution in [0.15, 0.2) is 29.2 Å². The molecule has 0 fully saturated rings. The topological polar surface area (TPSA) is 87.7 Å². The van der Waals surface area contributed by atoms with Crippen LogP contribution in [0.3, 0.4) is 0 Å². The lowest BCUT2D eigenvalue weighted by Crippen LogP contribution is -2.36. The zero-order valence-corrected chi connectivity index (χ0v) is 14.4. The molecule has 126 valence electrons. The van der Waals surface area contributed by atoms with Crippen molar-refractivity contribution in [3.05, 3.63) is 24.3 Å². The predicted molar refractivity (Wildman–Crippen MR) is 86.5 cm³/mol. The van der Waals surface area contributed by atoms with Gasteiger partial charge in [0.2, 0.25) is 10.0 Å². The van der Waals surface area contributed by atoms with Gasteiger partial charge in [-0.25, -0.2) is 13.1 Å². The first-order chi connectivity index (χ1) is 10.3. The Kier molecular flexibility index (Phi) is 7.28. The van der Waals surface area contributed by atoms with E-state index in [2.05, 4.69) is 10.0 Å². The lowest BCUT2D eigenvalue weighted by atomic mass is 10.1. The minimum Gasteiger partial charge on any atom is -0.491 e. The second-order valence-electron chi connectivity index (χ2n) is 5.65. The average Bonchev–Trinajstić information content (AvgIpc) is 2.45. The summed E-state index contributed by atoms with van der Waals surface area (Å²) in [4.78, 5) is 0.197. The number of ether oxygens (including phenoxy) is 1. The largest absolute Gasteiger partial charge is 0.491 e. The quantitative estimate of drug-likeness (QED) is 0.628. The van der Waals surface area contributed by atoms with E-state index in [4.69, 9.17) is 4.74 Å². The van der Waals surface area contributed by atoms with Crippen LogP contribution < -0.4 is 14.8 Å². The molecular formula is C15H26N2O4S. The zero-order valence-electron chi connectivity index (χ0n) is 13.5. The SMILES string of the molecule is CNCC(O)COc1ccc(S(=O)(=O)NC(C)C(C)C)cc1. The van der Waals surface area contributed by atoms with Crippen molar-refractivity contribution in [1.82, 2.24) is 10.0 Å². The summed E-state index contributed by atoms with van der Waals surface area (Å²) in [5.41, 5.74) is 0. The zero-order chi connectivity index (χ0) is 16.8. The van der Waals surface area contributed by atoms with Crippen molar-refractivity contribution < 1.29 is 18.3 Å². The number of nitrogens with one attached hydrogen (secondary N) is 2. The van der Waals surface area contributed by atoms with Crippen molar-refractivity contribution >= 4 is 10.0 Å². The van der Waals surface area contributed by atoms with Crippen molar-refractivity contribution in [1.29, 1.82) is 0 Å². The van der Waals surface area contributed by atoms with E-state index in [0.29, 0.717) is 12.3 Å². The summed E-state index contributed by atoms with van der Waals surface area (Å²) in [6.07, 6.45) is -0.609. The summed E-state index contributed by atoms with van der Waals surface area (Å²) < 4.78 is 32.5. The number of likely N-dealkylation sites (N-methyl/N-ethyl adjacent to an activating group) is 1. The van der Waals surface area contributed by atoms with Gasteiger partial charge < -0.3 is 15.2 Å². The number of aliphatic hydroxyl groups excluding tert-OH is 1. The third-order valence-electron chi connectivity index (χ3n) is 3.36. The van der Waals surface area contributed by atoms with Crippen LogP contribution in [-0.4, -0.2) is 45.9 Å². The summed E-state index contributed by atoms with van der Waals surface area (Å²) >= 11 is 0. The first kappa shape index (κ1) is 18.9. The van der Waals surface area contributed by atoms with Crippen LogP contribution in [0, 0.1) is 5.92 Å². The third kappa shape index (κ3) is 5.92. The minimum absolute atomic E-state index is 0.141. The molecule has 0 saturated carbocycles. The highest BCUT2D eigenvalue weighted by Crippen LogP contribution is 2.17. The molecule has 0 aromatic heterocycles. The molecule has 0 spiro atoms. The van der Waals surface area contributed by atoms with Crippen molar-refractivity contribution in [2.24, 2.45) is 5.92 Å². The van der Waals surface area contributed by atoms with Gasteiger partial charge >= 0.3 is 0 Å². The molecule has 1 rings (SSSR count). The van der Waals surface area contributed by atoms with E-state index in [1.165, 1.54) is 12.1 Å². The standard InChI is InChI=1S/C15H26N2O4S/c1-11(2)12(3)17-22(19,20)15-7-5-14(6-8-15)21-10-13(18)9-16-4/h5-8,11-13,16-18H,9-10H2,1-4H3. The highest BCUT2D eigenvalue weighted by molar-refractivity contribution is 7.89. The Morgan fingerprint density at radius 1 is 1.18 bits per heavy atom. The first-order valence-electron chi connectivity index (χ1n) is 7.34. The van der Waals surface area contributed by atoms with E-state index in [1.807, 2.05) is 20.8 Å². The van der Waals surface area contributed by atoms with E-state index in [1.54, 1.807) is 19.2 Å². The molecule has 0 aliphatic rings. The van der Waals surface area contributed by atoms with Crippen LogP contribution in [0.5, 0.6) is 5.75 Å². The monoisotopic (exact) mass is 330 g/mol. The molecule has 3 N–H and O–H groups in total. The maximum atomic E-state index is 12.2. The van der Waals surface area contributed by atoms with Crippen LogP contribution in [0.25, 0.3) is 0 Å². The molecule has 2 unspecified atom stereocenters. The number of benzene rings is 1. The maximum Gasteiger partial charge on any atom is 0.240 e. The van der Waals surface area contributed by atoms with Crippen LogP contribution in [0.2, 0.25) is 0 Å². The Morgan fingerprint density at radius 2 is 1.77 bits per heavy atom. The van der Waals surface area contributed by atoms with E-state index >= 15 is 0 Å². The van der Waals surface area contributed by atoms with Gasteiger partial charge in [0, 0.05) is 12.6 Å². The fourth-order valence-electron chi connectivity index (χ4n) is 1.65. The molecule has 2 atom stereocenters. The van der Waals surface area contributed by atoms with Crippen LogP contribution >= 0.6 is 0 Å². The Balaban J connectivity index is 2.67. The first-order valence-corrected chi connectivity index (χ1v) is 8.82. The fourth-order valence-corrected chi connectivity index (χ4v) is 3.04. The summed E-state index contributed by atoms with van der Waals surface area (Å²) in [6.45, 7) is 6.34. The summed E-state index contributed by atoms with van der Waals surface area (Å²) in [5, 5.41) is 12.4. The van der Waals surface area contributed by atoms with E-state index in [0.717, 1.165) is 0 Å². The second kappa shape index (κ2) is 8.47. The average molecular weight is 330 g/mol. The Morgan fingerprint density at radius 3 is 2.27 bits per heavy atom. The van der Waals surface area contributed by atoms with Crippen molar-refractivity contribution in [3.63, 3.8) is 0 Å². The van der Waals surface area contributed by atoms with Crippen LogP contribution in [0.1, 0.15) is 20.8 Å². The molecule has 7 heteroatoms. The number of sulfonamides is 1. The maximum absolute atomic E-state index is 12.2. The Hall–Kier alpha value is -1.15. The predicted octanol–water partition coefficient (Wildman–Crippen LogP) is 0.968. The molecule has 0 aliphatic heterocycles. The molecule has 0 radical (unpaired) electrons. The third-order valence-corrected chi connectivity index (χ3v) is 4.93. The smallest absolute Gasteiger partial charge is 0.240 e. The Labute approximate surface area is 132 Å². The molecule has 0 bridgehead atoms. The summed E-state index contributed by atoms with van der Waals surface area (Å²) in [5.74, 6) is 0.733. The van der Waals surface area contributed by atoms with E-state index in [-0.39, 0.29) is 23.5 Å². The Bertz CT molecular complexity index is 543. The fraction of sp³-hybridized carbons (Fsp3) is 0.600. The van der Waals surface area contributed by atoms with Crippen LogP contribution in [0.4, 0.5) is 0 Å². The van der Waals surface area contributed by atoms with Gasteiger partial charge in [-0.05, 0) is 44.2 Å². The van der Waals surface area contributed by atoms with Crippen molar-refractivity contribution in [2.45, 2.75) is 37.8 Å². The molecule has 0 amide bonds. The van der Waals surface area contributed by atoms with Gasteiger partial charge in [-0.1, -0.05) is 13.8 Å². The number of hydrogen-bond donors (Lipinski definition) is 3. The van der Waals surface area contributed by atoms with Crippen LogP contribution in [-0.2, 0) is 10.0 Å². The van der Waals surface area contributed by atoms with Gasteiger partial charge in [0.1, 0.15) is 18.5 Å². The highest BCUT2D eigenvalue weighted by Gasteiger charge is 2.19. The van der Waals surface area contributed by atoms with Gasteiger partial charge in [-0.3, -0.25) is 0 Å². The lowest BCUT2D eigenvalue weighted by molar-refractivity contribution is 0.108. The van der Waals surface area contributed by atoms with Gasteiger partial charge in [0.05, 0.1) is 4.90 Å². The molecule has 0 heterocycles. The lowest BCUT2D eigenvalue weighted by Gasteiger charge is -2.17.